The Bertz CT molecular complexity index is 459. The first-order valence-electron chi connectivity index (χ1n) is 6.82. The number of piperazine rings is 1. The van der Waals surface area contributed by atoms with Crippen LogP contribution in [0.25, 0.3) is 0 Å². The molecule has 1 aliphatic rings. The Morgan fingerprint density at radius 3 is 2.15 bits per heavy atom. The third kappa shape index (κ3) is 3.25. The molecule has 110 valence electrons. The number of ether oxygens (including phenoxy) is 1. The van der Waals surface area contributed by atoms with E-state index in [0.717, 1.165) is 26.2 Å². The molecule has 0 aliphatic carbocycles. The van der Waals surface area contributed by atoms with Gasteiger partial charge < -0.3 is 9.64 Å². The van der Waals surface area contributed by atoms with Gasteiger partial charge in [0.15, 0.2) is 0 Å². The smallest absolute Gasteiger partial charge is 0.341 e. The summed E-state index contributed by atoms with van der Waals surface area (Å²) in [6, 6.07) is 0. The number of aromatic nitrogens is 2. The van der Waals surface area contributed by atoms with Gasteiger partial charge in [-0.3, -0.25) is 4.90 Å². The van der Waals surface area contributed by atoms with Crippen LogP contribution in [0.1, 0.15) is 31.1 Å². The number of esters is 1. The highest BCUT2D eigenvalue weighted by molar-refractivity contribution is 5.88. The van der Waals surface area contributed by atoms with Crippen molar-refractivity contribution in [2.75, 3.05) is 38.2 Å². The lowest BCUT2D eigenvalue weighted by molar-refractivity contribution is 0.0599. The highest BCUT2D eigenvalue weighted by atomic mass is 16.5. The van der Waals surface area contributed by atoms with Crippen molar-refractivity contribution in [2.24, 2.45) is 0 Å². The van der Waals surface area contributed by atoms with Crippen LogP contribution in [0.4, 0.5) is 5.95 Å². The molecule has 2 rings (SSSR count). The molecule has 1 saturated heterocycles. The maximum absolute atomic E-state index is 11.3. The molecule has 1 aliphatic heterocycles. The lowest BCUT2D eigenvalue weighted by Crippen LogP contribution is -2.53. The van der Waals surface area contributed by atoms with Crippen LogP contribution < -0.4 is 4.90 Å². The lowest BCUT2D eigenvalue weighted by atomic mass is 10.1. The van der Waals surface area contributed by atoms with E-state index in [-0.39, 0.29) is 5.54 Å². The van der Waals surface area contributed by atoms with E-state index in [2.05, 4.69) is 45.3 Å². The number of hydrogen-bond acceptors (Lipinski definition) is 6. The van der Waals surface area contributed by atoms with Crippen LogP contribution in [-0.2, 0) is 4.74 Å². The fourth-order valence-corrected chi connectivity index (χ4v) is 2.29. The number of rotatable bonds is 2. The van der Waals surface area contributed by atoms with Crippen molar-refractivity contribution in [1.82, 2.24) is 14.9 Å². The van der Waals surface area contributed by atoms with E-state index in [4.69, 9.17) is 0 Å². The van der Waals surface area contributed by atoms with Gasteiger partial charge in [0.2, 0.25) is 5.95 Å². The van der Waals surface area contributed by atoms with Crippen LogP contribution >= 0.6 is 0 Å². The van der Waals surface area contributed by atoms with Crippen LogP contribution in [0.15, 0.2) is 12.4 Å². The van der Waals surface area contributed by atoms with Gasteiger partial charge in [-0.15, -0.1) is 0 Å². The molecule has 0 amide bonds. The number of nitrogens with zero attached hydrogens (tertiary/aromatic N) is 4. The summed E-state index contributed by atoms with van der Waals surface area (Å²) in [7, 11) is 1.35. The van der Waals surface area contributed by atoms with Crippen molar-refractivity contribution in [3.8, 4) is 0 Å². The summed E-state index contributed by atoms with van der Waals surface area (Å²) >= 11 is 0. The number of methoxy groups -OCH3 is 1. The minimum Gasteiger partial charge on any atom is -0.465 e. The van der Waals surface area contributed by atoms with Crippen molar-refractivity contribution < 1.29 is 9.53 Å². The highest BCUT2D eigenvalue weighted by Crippen LogP contribution is 2.18. The molecule has 0 unspecified atom stereocenters. The van der Waals surface area contributed by atoms with Gasteiger partial charge in [-0.1, -0.05) is 0 Å². The zero-order chi connectivity index (χ0) is 14.8. The minimum absolute atomic E-state index is 0.196. The Balaban J connectivity index is 1.99. The minimum atomic E-state index is -0.408. The van der Waals surface area contributed by atoms with Gasteiger partial charge in [0.25, 0.3) is 0 Å². The van der Waals surface area contributed by atoms with Crippen LogP contribution in [0.3, 0.4) is 0 Å². The zero-order valence-electron chi connectivity index (χ0n) is 12.6. The van der Waals surface area contributed by atoms with Crippen LogP contribution in [0.2, 0.25) is 0 Å². The van der Waals surface area contributed by atoms with E-state index in [1.807, 2.05) is 0 Å². The Labute approximate surface area is 119 Å². The monoisotopic (exact) mass is 278 g/mol. The van der Waals surface area contributed by atoms with Crippen LogP contribution in [-0.4, -0.2) is 59.7 Å². The molecule has 2 heterocycles. The average molecular weight is 278 g/mol. The normalized spacial score (nSPS) is 17.1. The quantitative estimate of drug-likeness (QED) is 0.757. The van der Waals surface area contributed by atoms with Gasteiger partial charge in [0.05, 0.1) is 12.7 Å². The van der Waals surface area contributed by atoms with Crippen molar-refractivity contribution in [2.45, 2.75) is 26.3 Å². The van der Waals surface area contributed by atoms with Crippen LogP contribution in [0, 0.1) is 0 Å². The Morgan fingerprint density at radius 2 is 1.70 bits per heavy atom. The van der Waals surface area contributed by atoms with E-state index < -0.39 is 5.97 Å². The molecule has 0 saturated carbocycles. The number of carbonyl (C=O) groups is 1. The molecule has 1 fully saturated rings. The van der Waals surface area contributed by atoms with Crippen molar-refractivity contribution in [1.29, 1.82) is 0 Å². The molecule has 0 bridgehead atoms. The number of anilines is 1. The summed E-state index contributed by atoms with van der Waals surface area (Å²) in [6.07, 6.45) is 3.04. The molecule has 6 heteroatoms. The van der Waals surface area contributed by atoms with E-state index >= 15 is 0 Å². The second kappa shape index (κ2) is 5.75. The number of carbonyl (C=O) groups excluding carboxylic acids is 1. The van der Waals surface area contributed by atoms with E-state index in [0.29, 0.717) is 11.5 Å². The predicted molar refractivity (Wildman–Crippen MR) is 76.9 cm³/mol. The predicted octanol–water partition coefficient (Wildman–Crippen LogP) is 1.18. The first-order chi connectivity index (χ1) is 9.41. The molecule has 20 heavy (non-hydrogen) atoms. The summed E-state index contributed by atoms with van der Waals surface area (Å²) in [5.41, 5.74) is 0.575. The van der Waals surface area contributed by atoms with Crippen LogP contribution in [0.5, 0.6) is 0 Å². The lowest BCUT2D eigenvalue weighted by Gasteiger charge is -2.42. The van der Waals surface area contributed by atoms with Gasteiger partial charge in [0.1, 0.15) is 0 Å². The Morgan fingerprint density at radius 1 is 1.15 bits per heavy atom. The van der Waals surface area contributed by atoms with E-state index in [1.54, 1.807) is 0 Å². The Kier molecular flexibility index (Phi) is 4.23. The first kappa shape index (κ1) is 14.7. The molecular formula is C14H22N4O2. The first-order valence-corrected chi connectivity index (χ1v) is 6.82. The Hall–Kier alpha value is -1.69. The largest absolute Gasteiger partial charge is 0.465 e. The van der Waals surface area contributed by atoms with Crippen molar-refractivity contribution in [3.63, 3.8) is 0 Å². The standard InChI is InChI=1S/C14H22N4O2/c1-14(2,3)18-7-5-17(6-8-18)13-15-9-11(10-16-13)12(19)20-4/h9-10H,5-8H2,1-4H3. The second-order valence-corrected chi connectivity index (χ2v) is 5.91. The molecule has 1 aromatic rings. The zero-order valence-corrected chi connectivity index (χ0v) is 12.6. The molecular weight excluding hydrogens is 256 g/mol. The topological polar surface area (TPSA) is 58.6 Å². The van der Waals surface area contributed by atoms with E-state index in [1.165, 1.54) is 19.5 Å². The van der Waals surface area contributed by atoms with Crippen molar-refractivity contribution in [3.05, 3.63) is 18.0 Å². The number of hydrogen-bond donors (Lipinski definition) is 0. The molecule has 6 nitrogen and oxygen atoms in total. The molecule has 1 aromatic heterocycles. The summed E-state index contributed by atoms with van der Waals surface area (Å²) in [6.45, 7) is 10.5. The van der Waals surface area contributed by atoms with Crippen molar-refractivity contribution >= 4 is 11.9 Å². The maximum atomic E-state index is 11.3. The summed E-state index contributed by atoms with van der Waals surface area (Å²) < 4.78 is 4.63. The van der Waals surface area contributed by atoms with Gasteiger partial charge >= 0.3 is 5.97 Å². The van der Waals surface area contributed by atoms with Gasteiger partial charge in [-0.05, 0) is 20.8 Å². The third-order valence-corrected chi connectivity index (χ3v) is 3.57. The van der Waals surface area contributed by atoms with Gasteiger partial charge in [-0.25, -0.2) is 14.8 Å². The van der Waals surface area contributed by atoms with E-state index in [9.17, 15) is 4.79 Å². The summed E-state index contributed by atoms with van der Waals surface area (Å²) in [4.78, 5) is 24.4. The summed E-state index contributed by atoms with van der Waals surface area (Å²) in [5.74, 6) is 0.264. The second-order valence-electron chi connectivity index (χ2n) is 5.91. The molecule has 0 spiro atoms. The molecule has 0 radical (unpaired) electrons. The highest BCUT2D eigenvalue weighted by Gasteiger charge is 2.26. The van der Waals surface area contributed by atoms with Gasteiger partial charge in [0, 0.05) is 44.1 Å². The molecule has 0 N–H and O–H groups in total. The molecule has 0 aromatic carbocycles. The maximum Gasteiger partial charge on any atom is 0.341 e. The van der Waals surface area contributed by atoms with Gasteiger partial charge in [-0.2, -0.15) is 0 Å². The SMILES string of the molecule is COC(=O)c1cnc(N2CCN(C(C)(C)C)CC2)nc1. The third-order valence-electron chi connectivity index (χ3n) is 3.57. The summed E-state index contributed by atoms with van der Waals surface area (Å²) in [5, 5.41) is 0. The fourth-order valence-electron chi connectivity index (χ4n) is 2.29. The fraction of sp³-hybridized carbons (Fsp3) is 0.643. The molecule has 0 atom stereocenters. The average Bonchev–Trinajstić information content (AvgIpc) is 2.46.